The van der Waals surface area contributed by atoms with E-state index in [1.54, 1.807) is 6.33 Å². The summed E-state index contributed by atoms with van der Waals surface area (Å²) in [6.45, 7) is 8.19. The molecule has 1 N–H and O–H groups in total. The number of aryl methyl sites for hydroxylation is 2. The molecule has 5 nitrogen and oxygen atoms in total. The molecular weight excluding hydrogens is 380 g/mol. The van der Waals surface area contributed by atoms with Crippen molar-refractivity contribution < 1.29 is 4.79 Å². The maximum Gasteiger partial charge on any atom is 0.233 e. The van der Waals surface area contributed by atoms with Gasteiger partial charge in [-0.15, -0.1) is 10.2 Å². The summed E-state index contributed by atoms with van der Waals surface area (Å²) in [6, 6.07) is 16.4. The Morgan fingerprint density at radius 3 is 2.62 bits per heavy atom. The second-order valence-electron chi connectivity index (χ2n) is 7.29. The van der Waals surface area contributed by atoms with Crippen molar-refractivity contribution in [2.75, 3.05) is 0 Å². The molecule has 0 radical (unpaired) electrons. The van der Waals surface area contributed by atoms with E-state index < -0.39 is 0 Å². The number of thioether (sulfide) groups is 1. The number of benzene rings is 2. The Labute approximate surface area is 176 Å². The first-order valence-electron chi connectivity index (χ1n) is 9.99. The molecule has 1 aromatic heterocycles. The first-order chi connectivity index (χ1) is 14.0. The van der Waals surface area contributed by atoms with Crippen molar-refractivity contribution in [3.05, 3.63) is 71.5 Å². The minimum absolute atomic E-state index is 0.00693. The molecule has 0 aliphatic heterocycles. The molecule has 2 unspecified atom stereocenters. The summed E-state index contributed by atoms with van der Waals surface area (Å²) < 4.78 is 1.95. The van der Waals surface area contributed by atoms with E-state index in [-0.39, 0.29) is 17.2 Å². The normalized spacial score (nSPS) is 13.1. The number of aromatic nitrogens is 3. The van der Waals surface area contributed by atoms with Gasteiger partial charge in [0.1, 0.15) is 6.33 Å². The van der Waals surface area contributed by atoms with Gasteiger partial charge in [0.05, 0.1) is 17.0 Å². The number of amides is 1. The van der Waals surface area contributed by atoms with E-state index in [2.05, 4.69) is 66.6 Å². The molecule has 0 bridgehead atoms. The van der Waals surface area contributed by atoms with E-state index in [1.165, 1.54) is 17.3 Å². The first-order valence-corrected chi connectivity index (χ1v) is 10.9. The van der Waals surface area contributed by atoms with Gasteiger partial charge in [-0.1, -0.05) is 73.1 Å². The molecule has 0 saturated carbocycles. The van der Waals surface area contributed by atoms with Crippen LogP contribution in [0.2, 0.25) is 0 Å². The highest BCUT2D eigenvalue weighted by Gasteiger charge is 2.22. The number of carbonyl (C=O) groups excluding carboxylic acids is 1. The molecule has 0 saturated heterocycles. The Morgan fingerprint density at radius 1 is 1.17 bits per heavy atom. The topological polar surface area (TPSA) is 59.8 Å². The van der Waals surface area contributed by atoms with Gasteiger partial charge >= 0.3 is 0 Å². The van der Waals surface area contributed by atoms with Gasteiger partial charge in [-0.3, -0.25) is 9.36 Å². The summed E-state index contributed by atoms with van der Waals surface area (Å²) in [7, 11) is 0. The minimum Gasteiger partial charge on any atom is -0.348 e. The number of carbonyl (C=O) groups is 1. The maximum atomic E-state index is 12.9. The van der Waals surface area contributed by atoms with Crippen molar-refractivity contribution >= 4 is 17.7 Å². The largest absolute Gasteiger partial charge is 0.348 e. The Kier molecular flexibility index (Phi) is 7.09. The van der Waals surface area contributed by atoms with Gasteiger partial charge < -0.3 is 5.32 Å². The zero-order valence-corrected chi connectivity index (χ0v) is 18.2. The van der Waals surface area contributed by atoms with E-state index in [0.29, 0.717) is 5.16 Å². The molecular formula is C23H28N4OS. The van der Waals surface area contributed by atoms with Crippen molar-refractivity contribution in [3.8, 4) is 5.69 Å². The first kappa shape index (κ1) is 21.1. The fourth-order valence-electron chi connectivity index (χ4n) is 3.34. The van der Waals surface area contributed by atoms with Crippen LogP contribution in [-0.2, 0) is 4.79 Å². The van der Waals surface area contributed by atoms with Crippen molar-refractivity contribution in [1.29, 1.82) is 0 Å². The molecule has 1 amide bonds. The second-order valence-corrected chi connectivity index (χ2v) is 8.60. The lowest BCUT2D eigenvalue weighted by molar-refractivity contribution is -0.121. The van der Waals surface area contributed by atoms with E-state index in [4.69, 9.17) is 0 Å². The van der Waals surface area contributed by atoms with Gasteiger partial charge in [0.25, 0.3) is 0 Å². The predicted molar refractivity (Wildman–Crippen MR) is 118 cm³/mol. The van der Waals surface area contributed by atoms with Gasteiger partial charge in [0.15, 0.2) is 5.16 Å². The standard InChI is InChI=1S/C23H28N4OS/c1-5-9-20(19-10-7-6-8-11-19)25-22(28)18(4)29-23-26-24-15-27(23)21-13-12-16(2)14-17(21)3/h6-8,10-15,18,20H,5,9H2,1-4H3,(H,25,28). The summed E-state index contributed by atoms with van der Waals surface area (Å²) in [5, 5.41) is 12.0. The van der Waals surface area contributed by atoms with Gasteiger partial charge in [-0.25, -0.2) is 0 Å². The number of hydrogen-bond acceptors (Lipinski definition) is 4. The van der Waals surface area contributed by atoms with Crippen LogP contribution < -0.4 is 5.32 Å². The van der Waals surface area contributed by atoms with Crippen molar-refractivity contribution in [2.45, 2.75) is 57.0 Å². The molecule has 0 aliphatic carbocycles. The van der Waals surface area contributed by atoms with E-state index in [9.17, 15) is 4.79 Å². The highest BCUT2D eigenvalue weighted by Crippen LogP contribution is 2.27. The molecule has 6 heteroatoms. The summed E-state index contributed by atoms with van der Waals surface area (Å²) in [4.78, 5) is 12.9. The molecule has 0 spiro atoms. The summed E-state index contributed by atoms with van der Waals surface area (Å²) in [6.07, 6.45) is 3.61. The van der Waals surface area contributed by atoms with Crippen LogP contribution in [0, 0.1) is 13.8 Å². The van der Waals surface area contributed by atoms with Crippen LogP contribution in [0.25, 0.3) is 5.69 Å². The van der Waals surface area contributed by atoms with Gasteiger partial charge in [-0.05, 0) is 44.4 Å². The van der Waals surface area contributed by atoms with Crippen LogP contribution in [0.15, 0.2) is 60.0 Å². The fourth-order valence-corrected chi connectivity index (χ4v) is 4.19. The molecule has 3 rings (SSSR count). The number of rotatable bonds is 8. The molecule has 2 atom stereocenters. The monoisotopic (exact) mass is 408 g/mol. The van der Waals surface area contributed by atoms with Crippen molar-refractivity contribution in [3.63, 3.8) is 0 Å². The summed E-state index contributed by atoms with van der Waals surface area (Å²) >= 11 is 1.43. The quantitative estimate of drug-likeness (QED) is 0.532. The van der Waals surface area contributed by atoms with Crippen molar-refractivity contribution in [1.82, 2.24) is 20.1 Å². The lowest BCUT2D eigenvalue weighted by Gasteiger charge is -2.21. The number of nitrogens with zero attached hydrogens (tertiary/aromatic N) is 3. The zero-order valence-electron chi connectivity index (χ0n) is 17.4. The third kappa shape index (κ3) is 5.26. The van der Waals surface area contributed by atoms with Gasteiger partial charge in [0.2, 0.25) is 5.91 Å². The highest BCUT2D eigenvalue weighted by atomic mass is 32.2. The Hall–Kier alpha value is -2.60. The van der Waals surface area contributed by atoms with E-state index >= 15 is 0 Å². The maximum absolute atomic E-state index is 12.9. The SMILES string of the molecule is CCCC(NC(=O)C(C)Sc1nncn1-c1ccc(C)cc1C)c1ccccc1. The molecule has 0 fully saturated rings. The lowest BCUT2D eigenvalue weighted by Crippen LogP contribution is -2.34. The Balaban J connectivity index is 1.72. The second kappa shape index (κ2) is 9.74. The van der Waals surface area contributed by atoms with Crippen LogP contribution in [0.4, 0.5) is 0 Å². The number of hydrogen-bond donors (Lipinski definition) is 1. The lowest BCUT2D eigenvalue weighted by atomic mass is 10.0. The fraction of sp³-hybridized carbons (Fsp3) is 0.348. The van der Waals surface area contributed by atoms with Crippen LogP contribution in [0.5, 0.6) is 0 Å². The molecule has 152 valence electrons. The summed E-state index contributed by atoms with van der Waals surface area (Å²) in [5.41, 5.74) is 4.53. The number of nitrogens with one attached hydrogen (secondary N) is 1. The smallest absolute Gasteiger partial charge is 0.233 e. The van der Waals surface area contributed by atoms with Crippen LogP contribution in [-0.4, -0.2) is 25.9 Å². The van der Waals surface area contributed by atoms with Crippen LogP contribution in [0.3, 0.4) is 0 Å². The van der Waals surface area contributed by atoms with Gasteiger partial charge in [0, 0.05) is 0 Å². The van der Waals surface area contributed by atoms with Crippen molar-refractivity contribution in [2.24, 2.45) is 0 Å². The van der Waals surface area contributed by atoms with Gasteiger partial charge in [-0.2, -0.15) is 0 Å². The minimum atomic E-state index is -0.285. The predicted octanol–water partition coefficient (Wildman–Crippen LogP) is 5.02. The van der Waals surface area contributed by atoms with Crippen LogP contribution >= 0.6 is 11.8 Å². The average molecular weight is 409 g/mol. The van der Waals surface area contributed by atoms with Crippen LogP contribution in [0.1, 0.15) is 49.4 Å². The van der Waals surface area contributed by atoms with E-state index in [1.807, 2.05) is 29.7 Å². The third-order valence-electron chi connectivity index (χ3n) is 4.88. The molecule has 0 aliphatic rings. The Bertz CT molecular complexity index is 955. The highest BCUT2D eigenvalue weighted by molar-refractivity contribution is 8.00. The molecule has 2 aromatic carbocycles. The molecule has 1 heterocycles. The average Bonchev–Trinajstić information content (AvgIpc) is 3.16. The molecule has 3 aromatic rings. The third-order valence-corrected chi connectivity index (χ3v) is 5.93. The Morgan fingerprint density at radius 2 is 1.93 bits per heavy atom. The zero-order chi connectivity index (χ0) is 20.8. The van der Waals surface area contributed by atoms with E-state index in [0.717, 1.165) is 29.7 Å². The molecule has 29 heavy (non-hydrogen) atoms. The summed E-state index contributed by atoms with van der Waals surface area (Å²) in [5.74, 6) is 0.00693.